The highest BCUT2D eigenvalue weighted by atomic mass is 16.6. The molecule has 25 heavy (non-hydrogen) atoms. The van der Waals surface area contributed by atoms with E-state index in [1.807, 2.05) is 29.2 Å². The molecule has 1 aromatic carbocycles. The zero-order chi connectivity index (χ0) is 17.2. The van der Waals surface area contributed by atoms with E-state index >= 15 is 0 Å². The van der Waals surface area contributed by atoms with E-state index in [1.165, 1.54) is 0 Å². The molecule has 4 rings (SSSR count). The molecule has 7 nitrogen and oxygen atoms in total. The van der Waals surface area contributed by atoms with Gasteiger partial charge in [0.2, 0.25) is 6.10 Å². The molecule has 1 amide bonds. The van der Waals surface area contributed by atoms with Crippen molar-refractivity contribution in [3.05, 3.63) is 36.4 Å². The summed E-state index contributed by atoms with van der Waals surface area (Å²) in [6, 6.07) is 7.46. The van der Waals surface area contributed by atoms with Crippen LogP contribution in [-0.2, 0) is 11.3 Å². The number of carbonyl (C=O) groups excluding carboxylic acids is 1. The highest BCUT2D eigenvalue weighted by Gasteiger charge is 2.34. The molecular weight excluding hydrogens is 320 g/mol. The smallest absolute Gasteiger partial charge is 0.267 e. The summed E-state index contributed by atoms with van der Waals surface area (Å²) in [5.41, 5.74) is 0. The van der Waals surface area contributed by atoms with Crippen molar-refractivity contribution < 1.29 is 14.3 Å². The lowest BCUT2D eigenvalue weighted by Crippen LogP contribution is -2.49. The van der Waals surface area contributed by atoms with Crippen molar-refractivity contribution in [1.29, 1.82) is 0 Å². The first-order valence-electron chi connectivity index (χ1n) is 8.81. The number of benzene rings is 1. The Morgan fingerprint density at radius 1 is 1.24 bits per heavy atom. The van der Waals surface area contributed by atoms with Crippen molar-refractivity contribution in [3.63, 3.8) is 0 Å². The topological polar surface area (TPSA) is 69.5 Å². The number of aryl methyl sites for hydroxylation is 1. The molecule has 1 saturated heterocycles. The van der Waals surface area contributed by atoms with Crippen molar-refractivity contribution in [1.82, 2.24) is 19.7 Å². The molecule has 0 spiro atoms. The Morgan fingerprint density at radius 2 is 2.00 bits per heavy atom. The van der Waals surface area contributed by atoms with E-state index in [9.17, 15) is 4.79 Å². The average Bonchev–Trinajstić information content (AvgIpc) is 3.16. The van der Waals surface area contributed by atoms with Gasteiger partial charge in [-0.25, -0.2) is 0 Å². The van der Waals surface area contributed by atoms with Gasteiger partial charge in [-0.1, -0.05) is 12.1 Å². The molecule has 2 aliphatic heterocycles. The summed E-state index contributed by atoms with van der Waals surface area (Å²) in [7, 11) is 0. The first-order chi connectivity index (χ1) is 12.3. The number of nitrogens with zero attached hydrogens (tertiary/aromatic N) is 4. The molecule has 132 valence electrons. The summed E-state index contributed by atoms with van der Waals surface area (Å²) < 4.78 is 13.6. The van der Waals surface area contributed by atoms with Crippen molar-refractivity contribution in [2.75, 3.05) is 19.7 Å². The van der Waals surface area contributed by atoms with Crippen LogP contribution < -0.4 is 9.47 Å². The summed E-state index contributed by atoms with van der Waals surface area (Å²) in [5, 5.41) is 8.27. The van der Waals surface area contributed by atoms with Crippen LogP contribution in [-0.4, -0.2) is 51.4 Å². The predicted molar refractivity (Wildman–Crippen MR) is 90.6 cm³/mol. The van der Waals surface area contributed by atoms with Gasteiger partial charge in [-0.05, 0) is 31.9 Å². The monoisotopic (exact) mass is 342 g/mol. The van der Waals surface area contributed by atoms with Crippen LogP contribution >= 0.6 is 0 Å². The zero-order valence-electron chi connectivity index (χ0n) is 14.3. The van der Waals surface area contributed by atoms with Gasteiger partial charge in [0, 0.05) is 25.6 Å². The standard InChI is InChI=1S/C18H22N4O3/c1-2-21-12-19-20-17(21)13-7-9-22(10-8-13)18(23)16-11-24-14-5-3-4-6-15(14)25-16/h3-6,12-13,16H,2,7-11H2,1H3. The van der Waals surface area contributed by atoms with E-state index in [4.69, 9.17) is 9.47 Å². The third-order valence-corrected chi connectivity index (χ3v) is 4.94. The number of amides is 1. The van der Waals surface area contributed by atoms with Gasteiger partial charge in [0.25, 0.3) is 5.91 Å². The second kappa shape index (κ2) is 6.74. The van der Waals surface area contributed by atoms with Gasteiger partial charge in [0.15, 0.2) is 11.5 Å². The van der Waals surface area contributed by atoms with E-state index in [2.05, 4.69) is 21.7 Å². The van der Waals surface area contributed by atoms with Gasteiger partial charge < -0.3 is 18.9 Å². The van der Waals surface area contributed by atoms with Crippen molar-refractivity contribution in [2.45, 2.75) is 38.3 Å². The Kier molecular flexibility index (Phi) is 4.29. The van der Waals surface area contributed by atoms with Crippen LogP contribution in [0.4, 0.5) is 0 Å². The van der Waals surface area contributed by atoms with Gasteiger partial charge in [0.05, 0.1) is 0 Å². The first kappa shape index (κ1) is 15.9. The number of carbonyl (C=O) groups is 1. The number of likely N-dealkylation sites (tertiary alicyclic amines) is 1. The summed E-state index contributed by atoms with van der Waals surface area (Å²) in [5.74, 6) is 2.73. The van der Waals surface area contributed by atoms with Crippen molar-refractivity contribution in [3.8, 4) is 11.5 Å². The normalized spacial score (nSPS) is 20.5. The second-order valence-corrected chi connectivity index (χ2v) is 6.44. The van der Waals surface area contributed by atoms with Gasteiger partial charge in [0.1, 0.15) is 18.8 Å². The van der Waals surface area contributed by atoms with Crippen LogP contribution in [0.25, 0.3) is 0 Å². The van der Waals surface area contributed by atoms with Gasteiger partial charge in [-0.3, -0.25) is 4.79 Å². The molecule has 0 bridgehead atoms. The highest BCUT2D eigenvalue weighted by molar-refractivity contribution is 5.82. The Morgan fingerprint density at radius 3 is 2.76 bits per heavy atom. The minimum Gasteiger partial charge on any atom is -0.485 e. The lowest BCUT2D eigenvalue weighted by molar-refractivity contribution is -0.142. The van der Waals surface area contributed by atoms with E-state index in [-0.39, 0.29) is 12.5 Å². The van der Waals surface area contributed by atoms with Crippen molar-refractivity contribution in [2.24, 2.45) is 0 Å². The molecule has 1 fully saturated rings. The van der Waals surface area contributed by atoms with Gasteiger partial charge >= 0.3 is 0 Å². The molecule has 7 heteroatoms. The molecule has 3 heterocycles. The van der Waals surface area contributed by atoms with E-state index < -0.39 is 6.10 Å². The number of aromatic nitrogens is 3. The van der Waals surface area contributed by atoms with Crippen molar-refractivity contribution >= 4 is 5.91 Å². The molecule has 1 atom stereocenters. The number of para-hydroxylation sites is 2. The zero-order valence-corrected chi connectivity index (χ0v) is 14.3. The molecule has 1 unspecified atom stereocenters. The largest absolute Gasteiger partial charge is 0.485 e. The lowest BCUT2D eigenvalue weighted by atomic mass is 9.95. The van der Waals surface area contributed by atoms with Crippen LogP contribution in [0, 0.1) is 0 Å². The van der Waals surface area contributed by atoms with E-state index in [0.717, 1.165) is 25.2 Å². The Labute approximate surface area is 146 Å². The molecule has 0 aliphatic carbocycles. The number of ether oxygens (including phenoxy) is 2. The summed E-state index contributed by atoms with van der Waals surface area (Å²) in [4.78, 5) is 14.6. The van der Waals surface area contributed by atoms with Gasteiger partial charge in [-0.15, -0.1) is 10.2 Å². The molecule has 2 aliphatic rings. The Balaban J connectivity index is 1.37. The molecule has 0 saturated carbocycles. The maximum Gasteiger partial charge on any atom is 0.267 e. The summed E-state index contributed by atoms with van der Waals surface area (Å²) >= 11 is 0. The van der Waals surface area contributed by atoms with E-state index in [1.54, 1.807) is 6.33 Å². The maximum absolute atomic E-state index is 12.8. The summed E-state index contributed by atoms with van der Waals surface area (Å²) in [6.07, 6.45) is 3.01. The minimum atomic E-state index is -0.564. The lowest BCUT2D eigenvalue weighted by Gasteiger charge is -2.35. The molecule has 0 N–H and O–H groups in total. The van der Waals surface area contributed by atoms with Crippen LogP contribution in [0.2, 0.25) is 0 Å². The van der Waals surface area contributed by atoms with E-state index in [0.29, 0.717) is 30.5 Å². The SMILES string of the molecule is CCn1cnnc1C1CCN(C(=O)C2COc3ccccc3O2)CC1. The van der Waals surface area contributed by atoms with Crippen LogP contribution in [0.3, 0.4) is 0 Å². The summed E-state index contributed by atoms with van der Waals surface area (Å²) in [6.45, 7) is 4.64. The third kappa shape index (κ3) is 3.06. The van der Waals surface area contributed by atoms with Crippen LogP contribution in [0.1, 0.15) is 31.5 Å². The molecule has 2 aromatic rings. The molecule has 1 aromatic heterocycles. The highest BCUT2D eigenvalue weighted by Crippen LogP contribution is 2.32. The predicted octanol–water partition coefficient (Wildman–Crippen LogP) is 1.84. The number of fused-ring (bicyclic) bond motifs is 1. The average molecular weight is 342 g/mol. The fourth-order valence-electron chi connectivity index (χ4n) is 3.53. The fraction of sp³-hybridized carbons (Fsp3) is 0.500. The number of piperidine rings is 1. The van der Waals surface area contributed by atoms with Gasteiger partial charge in [-0.2, -0.15) is 0 Å². The van der Waals surface area contributed by atoms with Crippen LogP contribution in [0.5, 0.6) is 11.5 Å². The first-order valence-corrected chi connectivity index (χ1v) is 8.81. The quantitative estimate of drug-likeness (QED) is 0.851. The number of hydrogen-bond acceptors (Lipinski definition) is 5. The second-order valence-electron chi connectivity index (χ2n) is 6.44. The minimum absolute atomic E-state index is 0.00455. The molecular formula is C18H22N4O3. The fourth-order valence-corrected chi connectivity index (χ4v) is 3.53. The maximum atomic E-state index is 12.8. The Hall–Kier alpha value is -2.57. The Bertz CT molecular complexity index is 752. The molecule has 0 radical (unpaired) electrons. The number of rotatable bonds is 3. The third-order valence-electron chi connectivity index (χ3n) is 4.94. The van der Waals surface area contributed by atoms with Crippen LogP contribution in [0.15, 0.2) is 30.6 Å². The number of hydrogen-bond donors (Lipinski definition) is 0.